The fraction of sp³-hybridized carbons (Fsp3) is 0.385. The average Bonchev–Trinajstić information content (AvgIpc) is 3.35. The van der Waals surface area contributed by atoms with Gasteiger partial charge in [-0.1, -0.05) is 42.5 Å². The molecule has 7 N–H and O–H groups in total. The number of hydrogen-bond acceptors (Lipinski definition) is 6. The summed E-state index contributed by atoms with van der Waals surface area (Å²) >= 11 is 0. The highest BCUT2D eigenvalue weighted by molar-refractivity contribution is 5.94. The number of amides is 4. The number of carbonyl (C=O) groups excluding carboxylic acids is 4. The van der Waals surface area contributed by atoms with Gasteiger partial charge >= 0.3 is 0 Å². The lowest BCUT2D eigenvalue weighted by atomic mass is 10.0. The second-order valence-electron chi connectivity index (χ2n) is 9.05. The molecule has 0 saturated carbocycles. The lowest BCUT2D eigenvalue weighted by Crippen LogP contribution is -2.57. The van der Waals surface area contributed by atoms with E-state index >= 15 is 0 Å². The Morgan fingerprint density at radius 3 is 2.25 bits per heavy atom. The zero-order valence-corrected chi connectivity index (χ0v) is 20.2. The van der Waals surface area contributed by atoms with E-state index in [0.29, 0.717) is 19.4 Å². The standard InChI is InChI=1S/C26H33N5O5/c1-16(29-25(35)20(27)14-18-9-11-19(32)12-10-18)24(34)30-21(15-17-6-3-2-4-7-17)26(36)31-13-5-8-22(31)23(28)33/h2-4,6-7,9-12,16,20-22,32H,5,8,13-15,27H2,1H3,(H2,28,33)(H,29,35)(H,30,34)/t16-,20-,21-,22-/m0/s1. The van der Waals surface area contributed by atoms with Crippen LogP contribution in [0.2, 0.25) is 0 Å². The number of likely N-dealkylation sites (tertiary alicyclic amines) is 1. The summed E-state index contributed by atoms with van der Waals surface area (Å²) in [5.41, 5.74) is 13.1. The highest BCUT2D eigenvalue weighted by Crippen LogP contribution is 2.19. The molecule has 0 aliphatic carbocycles. The summed E-state index contributed by atoms with van der Waals surface area (Å²) in [7, 11) is 0. The topological polar surface area (TPSA) is 168 Å². The lowest BCUT2D eigenvalue weighted by Gasteiger charge is -2.29. The van der Waals surface area contributed by atoms with Gasteiger partial charge in [0.05, 0.1) is 6.04 Å². The van der Waals surface area contributed by atoms with Crippen molar-refractivity contribution in [2.24, 2.45) is 11.5 Å². The fourth-order valence-electron chi connectivity index (χ4n) is 4.24. The number of aromatic hydroxyl groups is 1. The minimum Gasteiger partial charge on any atom is -0.508 e. The van der Waals surface area contributed by atoms with Crippen LogP contribution in [0.3, 0.4) is 0 Å². The van der Waals surface area contributed by atoms with Crippen molar-refractivity contribution in [1.29, 1.82) is 0 Å². The van der Waals surface area contributed by atoms with Crippen LogP contribution >= 0.6 is 0 Å². The molecule has 0 spiro atoms. The first-order valence-electron chi connectivity index (χ1n) is 11.9. The van der Waals surface area contributed by atoms with Gasteiger partial charge in [-0.05, 0) is 49.4 Å². The molecule has 4 atom stereocenters. The molecule has 0 aromatic heterocycles. The van der Waals surface area contributed by atoms with E-state index in [2.05, 4.69) is 10.6 Å². The molecule has 1 aliphatic heterocycles. The van der Waals surface area contributed by atoms with Gasteiger partial charge < -0.3 is 32.1 Å². The number of rotatable bonds is 10. The minimum atomic E-state index is -0.958. The van der Waals surface area contributed by atoms with Crippen LogP contribution in [0.25, 0.3) is 0 Å². The van der Waals surface area contributed by atoms with E-state index in [1.165, 1.54) is 24.0 Å². The van der Waals surface area contributed by atoms with Crippen molar-refractivity contribution in [3.8, 4) is 5.75 Å². The van der Waals surface area contributed by atoms with E-state index in [-0.39, 0.29) is 18.6 Å². The average molecular weight is 496 g/mol. The predicted molar refractivity (Wildman–Crippen MR) is 133 cm³/mol. The largest absolute Gasteiger partial charge is 0.508 e. The molecule has 10 nitrogen and oxygen atoms in total. The number of phenols is 1. The molecule has 36 heavy (non-hydrogen) atoms. The van der Waals surface area contributed by atoms with Gasteiger partial charge in [-0.25, -0.2) is 0 Å². The molecular formula is C26H33N5O5. The highest BCUT2D eigenvalue weighted by Gasteiger charge is 2.37. The number of nitrogens with one attached hydrogen (secondary N) is 2. The monoisotopic (exact) mass is 495 g/mol. The van der Waals surface area contributed by atoms with Crippen LogP contribution in [-0.4, -0.2) is 64.3 Å². The quantitative estimate of drug-likeness (QED) is 0.310. The number of carbonyl (C=O) groups is 4. The van der Waals surface area contributed by atoms with Crippen molar-refractivity contribution < 1.29 is 24.3 Å². The maximum atomic E-state index is 13.4. The Hall–Kier alpha value is -3.92. The van der Waals surface area contributed by atoms with Gasteiger partial charge in [0.25, 0.3) is 0 Å². The normalized spacial score (nSPS) is 17.6. The van der Waals surface area contributed by atoms with E-state index in [1.54, 1.807) is 12.1 Å². The Balaban J connectivity index is 1.65. The van der Waals surface area contributed by atoms with Gasteiger partial charge in [-0.2, -0.15) is 0 Å². The molecule has 1 saturated heterocycles. The molecule has 1 fully saturated rings. The van der Waals surface area contributed by atoms with Crippen LogP contribution in [0.5, 0.6) is 5.75 Å². The predicted octanol–water partition coefficient (Wildman–Crippen LogP) is -0.0295. The molecule has 192 valence electrons. The van der Waals surface area contributed by atoms with Crippen molar-refractivity contribution in [2.75, 3.05) is 6.54 Å². The fourth-order valence-corrected chi connectivity index (χ4v) is 4.24. The summed E-state index contributed by atoms with van der Waals surface area (Å²) in [5, 5.41) is 14.7. The number of hydrogen-bond donors (Lipinski definition) is 5. The third kappa shape index (κ3) is 7.05. The summed E-state index contributed by atoms with van der Waals surface area (Å²) in [5.74, 6) is -1.93. The molecule has 2 aromatic carbocycles. The maximum Gasteiger partial charge on any atom is 0.246 e. The van der Waals surface area contributed by atoms with E-state index < -0.39 is 47.8 Å². The number of benzene rings is 2. The van der Waals surface area contributed by atoms with Gasteiger partial charge in [0, 0.05) is 13.0 Å². The van der Waals surface area contributed by atoms with Crippen LogP contribution in [0, 0.1) is 0 Å². The first kappa shape index (κ1) is 26.7. The van der Waals surface area contributed by atoms with Crippen molar-refractivity contribution in [3.63, 3.8) is 0 Å². The van der Waals surface area contributed by atoms with Crippen LogP contribution in [0.15, 0.2) is 54.6 Å². The molecule has 0 unspecified atom stereocenters. The molecule has 0 radical (unpaired) electrons. The summed E-state index contributed by atoms with van der Waals surface area (Å²) < 4.78 is 0. The molecule has 1 aliphatic rings. The third-order valence-electron chi connectivity index (χ3n) is 6.24. The zero-order valence-electron chi connectivity index (χ0n) is 20.2. The Bertz CT molecular complexity index is 1080. The SMILES string of the molecule is C[C@H](NC(=O)[C@@H](N)Cc1ccc(O)cc1)C(=O)N[C@@H](Cc1ccccc1)C(=O)N1CCC[C@H]1C(N)=O. The second-order valence-corrected chi connectivity index (χ2v) is 9.05. The second kappa shape index (κ2) is 12.2. The van der Waals surface area contributed by atoms with E-state index in [4.69, 9.17) is 11.5 Å². The van der Waals surface area contributed by atoms with E-state index in [1.807, 2.05) is 30.3 Å². The van der Waals surface area contributed by atoms with Crippen LogP contribution in [-0.2, 0) is 32.0 Å². The molecule has 3 rings (SSSR count). The first-order chi connectivity index (χ1) is 17.2. The lowest BCUT2D eigenvalue weighted by molar-refractivity contribution is -0.141. The van der Waals surface area contributed by atoms with E-state index in [9.17, 15) is 24.3 Å². The maximum absolute atomic E-state index is 13.4. The number of nitrogens with zero attached hydrogens (tertiary/aromatic N) is 1. The molecular weight excluding hydrogens is 462 g/mol. The van der Waals surface area contributed by atoms with E-state index in [0.717, 1.165) is 11.1 Å². The van der Waals surface area contributed by atoms with Gasteiger partial charge in [-0.3, -0.25) is 19.2 Å². The van der Waals surface area contributed by atoms with Gasteiger partial charge in [-0.15, -0.1) is 0 Å². The summed E-state index contributed by atoms with van der Waals surface area (Å²) in [4.78, 5) is 52.2. The highest BCUT2D eigenvalue weighted by atomic mass is 16.3. The Morgan fingerprint density at radius 1 is 0.972 bits per heavy atom. The van der Waals surface area contributed by atoms with Gasteiger partial charge in [0.2, 0.25) is 23.6 Å². The molecule has 4 amide bonds. The van der Waals surface area contributed by atoms with Crippen molar-refractivity contribution in [1.82, 2.24) is 15.5 Å². The van der Waals surface area contributed by atoms with Crippen molar-refractivity contribution in [2.45, 2.75) is 56.8 Å². The Morgan fingerprint density at radius 2 is 1.61 bits per heavy atom. The molecule has 1 heterocycles. The minimum absolute atomic E-state index is 0.109. The summed E-state index contributed by atoms with van der Waals surface area (Å²) in [6.07, 6.45) is 1.57. The molecule has 2 aromatic rings. The Labute approximate surface area is 210 Å². The Kier molecular flexibility index (Phi) is 9.02. The van der Waals surface area contributed by atoms with Crippen LogP contribution < -0.4 is 22.1 Å². The molecule has 10 heteroatoms. The van der Waals surface area contributed by atoms with Crippen molar-refractivity contribution >= 4 is 23.6 Å². The van der Waals surface area contributed by atoms with Crippen LogP contribution in [0.4, 0.5) is 0 Å². The van der Waals surface area contributed by atoms with Gasteiger partial charge in [0.1, 0.15) is 23.9 Å². The zero-order chi connectivity index (χ0) is 26.2. The molecule has 0 bridgehead atoms. The summed E-state index contributed by atoms with van der Waals surface area (Å²) in [6, 6.07) is 12.0. The third-order valence-corrected chi connectivity index (χ3v) is 6.24. The van der Waals surface area contributed by atoms with Crippen molar-refractivity contribution in [3.05, 3.63) is 65.7 Å². The number of phenolic OH excluding ortho intramolecular Hbond substituents is 1. The van der Waals surface area contributed by atoms with Crippen LogP contribution in [0.1, 0.15) is 30.9 Å². The number of nitrogens with two attached hydrogens (primary N) is 2. The smallest absolute Gasteiger partial charge is 0.246 e. The summed E-state index contributed by atoms with van der Waals surface area (Å²) in [6.45, 7) is 1.89. The first-order valence-corrected chi connectivity index (χ1v) is 11.9. The number of primary amides is 1. The van der Waals surface area contributed by atoms with Gasteiger partial charge in [0.15, 0.2) is 0 Å².